The minimum Gasteiger partial charge on any atom is -0.506 e. The second kappa shape index (κ2) is 7.73. The summed E-state index contributed by atoms with van der Waals surface area (Å²) < 4.78 is 0. The number of aromatic hydroxyl groups is 1. The third kappa shape index (κ3) is 4.54. The molecule has 0 spiro atoms. The third-order valence-electron chi connectivity index (χ3n) is 3.10. The second-order valence-corrected chi connectivity index (χ2v) is 4.88. The topological polar surface area (TPSA) is 157 Å². The van der Waals surface area contributed by atoms with E-state index in [2.05, 4.69) is 20.3 Å². The first-order valence-corrected chi connectivity index (χ1v) is 6.87. The number of carboxylic acids is 1. The van der Waals surface area contributed by atoms with E-state index in [9.17, 15) is 9.90 Å². The SMILES string of the molecule is [N-]=[N+]=Nc1ccc(N=Nc2cc(CC(N)C(=O)O)ccc2O)cc1. The van der Waals surface area contributed by atoms with E-state index in [4.69, 9.17) is 16.4 Å². The number of azo groups is 1. The summed E-state index contributed by atoms with van der Waals surface area (Å²) in [4.78, 5) is 13.5. The van der Waals surface area contributed by atoms with Gasteiger partial charge in [-0.2, -0.15) is 5.11 Å². The normalized spacial score (nSPS) is 11.9. The van der Waals surface area contributed by atoms with Gasteiger partial charge in [0.15, 0.2) is 0 Å². The van der Waals surface area contributed by atoms with E-state index in [1.165, 1.54) is 12.1 Å². The number of phenols is 1. The number of rotatable bonds is 6. The Balaban J connectivity index is 2.18. The molecular weight excluding hydrogens is 312 g/mol. The molecule has 0 aliphatic carbocycles. The third-order valence-corrected chi connectivity index (χ3v) is 3.10. The molecule has 24 heavy (non-hydrogen) atoms. The average molecular weight is 326 g/mol. The molecule has 2 aromatic carbocycles. The van der Waals surface area contributed by atoms with Gasteiger partial charge in [-0.3, -0.25) is 4.79 Å². The van der Waals surface area contributed by atoms with Crippen LogP contribution in [-0.2, 0) is 11.2 Å². The van der Waals surface area contributed by atoms with Gasteiger partial charge in [-0.1, -0.05) is 23.3 Å². The molecule has 9 heteroatoms. The fourth-order valence-electron chi connectivity index (χ4n) is 1.87. The van der Waals surface area contributed by atoms with E-state index < -0.39 is 12.0 Å². The predicted molar refractivity (Wildman–Crippen MR) is 86.8 cm³/mol. The lowest BCUT2D eigenvalue weighted by Crippen LogP contribution is -2.32. The summed E-state index contributed by atoms with van der Waals surface area (Å²) in [6.07, 6.45) is 0.110. The second-order valence-electron chi connectivity index (χ2n) is 4.88. The summed E-state index contributed by atoms with van der Waals surface area (Å²) in [5.74, 6) is -1.19. The van der Waals surface area contributed by atoms with Crippen molar-refractivity contribution in [1.82, 2.24) is 0 Å². The van der Waals surface area contributed by atoms with Crippen LogP contribution >= 0.6 is 0 Å². The number of hydrogen-bond acceptors (Lipinski definition) is 6. The largest absolute Gasteiger partial charge is 0.506 e. The van der Waals surface area contributed by atoms with Crippen molar-refractivity contribution in [2.75, 3.05) is 0 Å². The molecule has 122 valence electrons. The van der Waals surface area contributed by atoms with Crippen molar-refractivity contribution in [1.29, 1.82) is 0 Å². The molecule has 1 unspecified atom stereocenters. The summed E-state index contributed by atoms with van der Waals surface area (Å²) >= 11 is 0. The zero-order valence-corrected chi connectivity index (χ0v) is 12.4. The summed E-state index contributed by atoms with van der Waals surface area (Å²) in [5, 5.41) is 30.0. The molecule has 4 N–H and O–H groups in total. The highest BCUT2D eigenvalue weighted by Gasteiger charge is 2.13. The molecule has 2 rings (SSSR count). The van der Waals surface area contributed by atoms with Crippen LogP contribution in [-0.4, -0.2) is 22.2 Å². The molecule has 0 heterocycles. The monoisotopic (exact) mass is 326 g/mol. The number of benzene rings is 2. The van der Waals surface area contributed by atoms with Gasteiger partial charge in [-0.05, 0) is 41.8 Å². The molecular formula is C15H14N6O3. The highest BCUT2D eigenvalue weighted by atomic mass is 16.4. The lowest BCUT2D eigenvalue weighted by atomic mass is 10.1. The molecule has 0 saturated heterocycles. The van der Waals surface area contributed by atoms with E-state index in [1.54, 1.807) is 30.3 Å². The van der Waals surface area contributed by atoms with E-state index in [1.807, 2.05) is 0 Å². The molecule has 0 saturated carbocycles. The van der Waals surface area contributed by atoms with Gasteiger partial charge in [0.05, 0.1) is 5.69 Å². The maximum atomic E-state index is 10.8. The van der Waals surface area contributed by atoms with Crippen molar-refractivity contribution in [2.45, 2.75) is 12.5 Å². The highest BCUT2D eigenvalue weighted by molar-refractivity contribution is 5.73. The maximum absolute atomic E-state index is 10.8. The maximum Gasteiger partial charge on any atom is 0.320 e. The molecule has 1 atom stereocenters. The van der Waals surface area contributed by atoms with Crippen LogP contribution in [0.4, 0.5) is 17.1 Å². The number of carbonyl (C=O) groups is 1. The van der Waals surface area contributed by atoms with Gasteiger partial charge in [0.2, 0.25) is 0 Å². The first-order chi connectivity index (χ1) is 11.5. The van der Waals surface area contributed by atoms with Crippen LogP contribution < -0.4 is 5.73 Å². The Morgan fingerprint density at radius 3 is 2.46 bits per heavy atom. The standard InChI is InChI=1S/C15H14N6O3/c16-12(15(23)24)7-9-1-6-14(22)13(8-9)20-18-10-2-4-11(5-3-10)19-21-17/h1-6,8,12,22H,7,16H2,(H,23,24). The number of nitrogens with two attached hydrogens (primary N) is 1. The Labute approximate surface area is 136 Å². The molecule has 0 fully saturated rings. The molecule has 0 aliphatic rings. The van der Waals surface area contributed by atoms with Gasteiger partial charge >= 0.3 is 5.97 Å². The molecule has 0 bridgehead atoms. The number of azide groups is 1. The Morgan fingerprint density at radius 1 is 1.17 bits per heavy atom. The Kier molecular flexibility index (Phi) is 5.45. The van der Waals surface area contributed by atoms with Crippen LogP contribution in [0.3, 0.4) is 0 Å². The Hall–Kier alpha value is -3.42. The van der Waals surface area contributed by atoms with E-state index in [-0.39, 0.29) is 17.9 Å². The van der Waals surface area contributed by atoms with Crippen molar-refractivity contribution >= 4 is 23.0 Å². The van der Waals surface area contributed by atoms with Gasteiger partial charge in [0.1, 0.15) is 17.5 Å². The number of hydrogen-bond donors (Lipinski definition) is 3. The summed E-state index contributed by atoms with van der Waals surface area (Å²) in [5.41, 5.74) is 15.6. The summed E-state index contributed by atoms with van der Waals surface area (Å²) in [6.45, 7) is 0. The average Bonchev–Trinajstić information content (AvgIpc) is 2.56. The first-order valence-electron chi connectivity index (χ1n) is 6.87. The van der Waals surface area contributed by atoms with E-state index >= 15 is 0 Å². The number of aliphatic carboxylic acids is 1. The first kappa shape index (κ1) is 16.9. The molecule has 0 radical (unpaired) electrons. The summed E-state index contributed by atoms with van der Waals surface area (Å²) in [6, 6.07) is 9.84. The van der Waals surface area contributed by atoms with Gasteiger partial charge in [-0.15, -0.1) is 5.11 Å². The molecule has 2 aromatic rings. The molecule has 9 nitrogen and oxygen atoms in total. The smallest absolute Gasteiger partial charge is 0.320 e. The highest BCUT2D eigenvalue weighted by Crippen LogP contribution is 2.30. The van der Waals surface area contributed by atoms with Crippen LogP contribution in [0.1, 0.15) is 5.56 Å². The number of carboxylic acid groups (broad SMARTS) is 1. The van der Waals surface area contributed by atoms with E-state index in [0.29, 0.717) is 16.9 Å². The Morgan fingerprint density at radius 2 is 1.83 bits per heavy atom. The lowest BCUT2D eigenvalue weighted by Gasteiger charge is -2.07. The van der Waals surface area contributed by atoms with Crippen LogP contribution in [0.15, 0.2) is 57.8 Å². The van der Waals surface area contributed by atoms with Crippen molar-refractivity contribution in [3.63, 3.8) is 0 Å². The fraction of sp³-hybridized carbons (Fsp3) is 0.133. The van der Waals surface area contributed by atoms with Gasteiger partial charge in [0, 0.05) is 10.6 Å². The van der Waals surface area contributed by atoms with Crippen molar-refractivity contribution < 1.29 is 15.0 Å². The summed E-state index contributed by atoms with van der Waals surface area (Å²) in [7, 11) is 0. The molecule has 0 aliphatic heterocycles. The van der Waals surface area contributed by atoms with E-state index in [0.717, 1.165) is 0 Å². The van der Waals surface area contributed by atoms with Crippen molar-refractivity contribution in [3.05, 3.63) is 58.5 Å². The van der Waals surface area contributed by atoms with Crippen LogP contribution in [0, 0.1) is 0 Å². The van der Waals surface area contributed by atoms with Crippen LogP contribution in [0.5, 0.6) is 5.75 Å². The Bertz CT molecular complexity index is 812. The zero-order chi connectivity index (χ0) is 17.5. The number of phenolic OH excluding ortho intramolecular Hbond substituents is 1. The van der Waals surface area contributed by atoms with Gasteiger partial charge < -0.3 is 15.9 Å². The number of nitrogens with zero attached hydrogens (tertiary/aromatic N) is 5. The van der Waals surface area contributed by atoms with Crippen LogP contribution in [0.25, 0.3) is 10.4 Å². The van der Waals surface area contributed by atoms with Crippen molar-refractivity contribution in [3.8, 4) is 5.75 Å². The minimum absolute atomic E-state index is 0.0860. The fourth-order valence-corrected chi connectivity index (χ4v) is 1.87. The molecule has 0 aromatic heterocycles. The minimum atomic E-state index is -1.11. The molecule has 0 amide bonds. The quantitative estimate of drug-likeness (QED) is 0.420. The lowest BCUT2D eigenvalue weighted by molar-refractivity contribution is -0.138. The van der Waals surface area contributed by atoms with Crippen LogP contribution in [0.2, 0.25) is 0 Å². The van der Waals surface area contributed by atoms with Gasteiger partial charge in [-0.25, -0.2) is 0 Å². The predicted octanol–water partition coefficient (Wildman–Crippen LogP) is 3.70. The van der Waals surface area contributed by atoms with Crippen molar-refractivity contribution in [2.24, 2.45) is 21.1 Å². The van der Waals surface area contributed by atoms with Gasteiger partial charge in [0.25, 0.3) is 0 Å². The zero-order valence-electron chi connectivity index (χ0n) is 12.4.